The van der Waals surface area contributed by atoms with E-state index in [1.54, 1.807) is 0 Å². The predicted molar refractivity (Wildman–Crippen MR) is 111 cm³/mol. The highest BCUT2D eigenvalue weighted by Gasteiger charge is 2.28. The van der Waals surface area contributed by atoms with Crippen LogP contribution in [0.4, 0.5) is 8.78 Å². The van der Waals surface area contributed by atoms with Gasteiger partial charge >= 0.3 is 0 Å². The fourth-order valence-electron chi connectivity index (χ4n) is 3.80. The lowest BCUT2D eigenvalue weighted by Gasteiger charge is -2.39. The molecule has 3 rings (SSSR count). The average molecular weight is 418 g/mol. The maximum atomic E-state index is 13.5. The Hall–Kier alpha value is -2.51. The molecule has 2 aromatic carbocycles. The van der Waals surface area contributed by atoms with Crippen molar-refractivity contribution in [2.75, 3.05) is 26.3 Å². The van der Waals surface area contributed by atoms with Crippen molar-refractivity contribution in [2.24, 2.45) is 5.73 Å². The Bertz CT molecular complexity index is 817. The summed E-state index contributed by atoms with van der Waals surface area (Å²) in [5.41, 5.74) is 7.51. The SMILES string of the molecule is NC1CCCN(CCC=O)C1Cc1ccc(OCCOc2ccc(F)cc2F)cc1. The third-order valence-electron chi connectivity index (χ3n) is 5.35. The molecule has 0 spiro atoms. The summed E-state index contributed by atoms with van der Waals surface area (Å²) in [6.45, 7) is 2.11. The zero-order valence-electron chi connectivity index (χ0n) is 16.9. The number of likely N-dealkylation sites (tertiary alicyclic amines) is 1. The molecule has 162 valence electrons. The molecule has 7 heteroatoms. The number of hydrogen-bond donors (Lipinski definition) is 1. The molecule has 1 heterocycles. The maximum Gasteiger partial charge on any atom is 0.167 e. The fraction of sp³-hybridized carbons (Fsp3) is 0.435. The van der Waals surface area contributed by atoms with Crippen LogP contribution in [0.3, 0.4) is 0 Å². The molecule has 1 fully saturated rings. The van der Waals surface area contributed by atoms with Crippen LogP contribution in [0, 0.1) is 11.6 Å². The molecule has 1 aliphatic rings. The van der Waals surface area contributed by atoms with Crippen LogP contribution >= 0.6 is 0 Å². The lowest BCUT2D eigenvalue weighted by atomic mass is 9.91. The quantitative estimate of drug-likeness (QED) is 0.474. The topological polar surface area (TPSA) is 64.8 Å². The Morgan fingerprint density at radius 1 is 1.10 bits per heavy atom. The molecule has 2 atom stereocenters. The zero-order chi connectivity index (χ0) is 21.3. The number of carbonyl (C=O) groups excluding carboxylic acids is 1. The normalized spacial score (nSPS) is 19.4. The Labute approximate surface area is 175 Å². The Morgan fingerprint density at radius 2 is 1.87 bits per heavy atom. The second-order valence-electron chi connectivity index (χ2n) is 7.48. The van der Waals surface area contributed by atoms with Crippen molar-refractivity contribution in [1.82, 2.24) is 4.90 Å². The second kappa shape index (κ2) is 11.0. The molecule has 0 bridgehead atoms. The largest absolute Gasteiger partial charge is 0.490 e. The minimum absolute atomic E-state index is 0.00157. The Kier molecular flexibility index (Phi) is 8.16. The van der Waals surface area contributed by atoms with Crippen molar-refractivity contribution in [2.45, 2.75) is 37.8 Å². The van der Waals surface area contributed by atoms with Gasteiger partial charge in [-0.3, -0.25) is 4.90 Å². The van der Waals surface area contributed by atoms with Gasteiger partial charge in [0.25, 0.3) is 0 Å². The third kappa shape index (κ3) is 6.24. The molecule has 0 aromatic heterocycles. The van der Waals surface area contributed by atoms with E-state index >= 15 is 0 Å². The Morgan fingerprint density at radius 3 is 2.60 bits per heavy atom. The van der Waals surface area contributed by atoms with Crippen LogP contribution in [-0.2, 0) is 11.2 Å². The summed E-state index contributed by atoms with van der Waals surface area (Å²) in [7, 11) is 0. The van der Waals surface area contributed by atoms with Crippen LogP contribution in [-0.4, -0.2) is 49.6 Å². The minimum Gasteiger partial charge on any atom is -0.490 e. The maximum absolute atomic E-state index is 13.5. The smallest absolute Gasteiger partial charge is 0.167 e. The molecule has 1 saturated heterocycles. The van der Waals surface area contributed by atoms with Crippen molar-refractivity contribution in [3.8, 4) is 11.5 Å². The van der Waals surface area contributed by atoms with E-state index in [0.29, 0.717) is 12.2 Å². The minimum atomic E-state index is -0.734. The van der Waals surface area contributed by atoms with Crippen LogP contribution in [0.1, 0.15) is 24.8 Å². The van der Waals surface area contributed by atoms with Crippen LogP contribution in [0.15, 0.2) is 42.5 Å². The summed E-state index contributed by atoms with van der Waals surface area (Å²) in [6, 6.07) is 11.3. The van der Waals surface area contributed by atoms with E-state index in [9.17, 15) is 13.6 Å². The van der Waals surface area contributed by atoms with Crippen molar-refractivity contribution in [3.63, 3.8) is 0 Å². The highest BCUT2D eigenvalue weighted by atomic mass is 19.1. The van der Waals surface area contributed by atoms with Crippen LogP contribution in [0.2, 0.25) is 0 Å². The van der Waals surface area contributed by atoms with Gasteiger partial charge in [-0.05, 0) is 55.6 Å². The number of nitrogens with zero attached hydrogens (tertiary/aromatic N) is 1. The summed E-state index contributed by atoms with van der Waals surface area (Å²) >= 11 is 0. The molecule has 2 aromatic rings. The molecule has 2 unspecified atom stereocenters. The highest BCUT2D eigenvalue weighted by Crippen LogP contribution is 2.22. The van der Waals surface area contributed by atoms with E-state index in [-0.39, 0.29) is 31.0 Å². The van der Waals surface area contributed by atoms with Gasteiger partial charge in [-0.15, -0.1) is 0 Å². The first-order valence-corrected chi connectivity index (χ1v) is 10.3. The first kappa shape index (κ1) is 22.2. The molecule has 30 heavy (non-hydrogen) atoms. The monoisotopic (exact) mass is 418 g/mol. The van der Waals surface area contributed by atoms with Gasteiger partial charge < -0.3 is 20.0 Å². The lowest BCUT2D eigenvalue weighted by Crippen LogP contribution is -2.53. The molecular formula is C23H28F2N2O3. The van der Waals surface area contributed by atoms with Crippen molar-refractivity contribution in [1.29, 1.82) is 0 Å². The fourth-order valence-corrected chi connectivity index (χ4v) is 3.80. The summed E-state index contributed by atoms with van der Waals surface area (Å²) in [5.74, 6) is -0.689. The van der Waals surface area contributed by atoms with E-state index in [1.807, 2.05) is 24.3 Å². The van der Waals surface area contributed by atoms with Crippen molar-refractivity contribution < 1.29 is 23.0 Å². The number of piperidine rings is 1. The van der Waals surface area contributed by atoms with Gasteiger partial charge in [0.05, 0.1) is 0 Å². The van der Waals surface area contributed by atoms with E-state index in [0.717, 1.165) is 56.3 Å². The van der Waals surface area contributed by atoms with Gasteiger partial charge in [0.15, 0.2) is 11.6 Å². The summed E-state index contributed by atoms with van der Waals surface area (Å²) in [5, 5.41) is 0. The van der Waals surface area contributed by atoms with E-state index in [1.165, 1.54) is 6.07 Å². The van der Waals surface area contributed by atoms with Gasteiger partial charge in [0.1, 0.15) is 31.1 Å². The third-order valence-corrected chi connectivity index (χ3v) is 5.35. The summed E-state index contributed by atoms with van der Waals surface area (Å²) < 4.78 is 37.3. The van der Waals surface area contributed by atoms with E-state index in [4.69, 9.17) is 15.2 Å². The molecule has 1 aliphatic heterocycles. The number of ether oxygens (including phenoxy) is 2. The summed E-state index contributed by atoms with van der Waals surface area (Å²) in [6.07, 6.45) is 4.37. The number of benzene rings is 2. The number of hydrogen-bond acceptors (Lipinski definition) is 5. The Balaban J connectivity index is 1.47. The number of rotatable bonds is 10. The van der Waals surface area contributed by atoms with Crippen molar-refractivity contribution in [3.05, 3.63) is 59.7 Å². The summed E-state index contributed by atoms with van der Waals surface area (Å²) in [4.78, 5) is 13.1. The lowest BCUT2D eigenvalue weighted by molar-refractivity contribution is -0.108. The molecule has 0 amide bonds. The van der Waals surface area contributed by atoms with Crippen LogP contribution < -0.4 is 15.2 Å². The van der Waals surface area contributed by atoms with Gasteiger partial charge in [0, 0.05) is 31.1 Å². The molecule has 5 nitrogen and oxygen atoms in total. The highest BCUT2D eigenvalue weighted by molar-refractivity contribution is 5.49. The number of nitrogens with two attached hydrogens (primary N) is 1. The van der Waals surface area contributed by atoms with Crippen LogP contribution in [0.25, 0.3) is 0 Å². The van der Waals surface area contributed by atoms with Crippen molar-refractivity contribution >= 4 is 6.29 Å². The second-order valence-corrected chi connectivity index (χ2v) is 7.48. The van der Waals surface area contributed by atoms with E-state index in [2.05, 4.69) is 4.90 Å². The molecule has 0 radical (unpaired) electrons. The molecular weight excluding hydrogens is 390 g/mol. The van der Waals surface area contributed by atoms with E-state index < -0.39 is 11.6 Å². The van der Waals surface area contributed by atoms with Gasteiger partial charge in [0.2, 0.25) is 0 Å². The number of aldehydes is 1. The van der Waals surface area contributed by atoms with Gasteiger partial charge in [-0.1, -0.05) is 12.1 Å². The zero-order valence-corrected chi connectivity index (χ0v) is 16.9. The predicted octanol–water partition coefficient (Wildman–Crippen LogP) is 3.35. The first-order valence-electron chi connectivity index (χ1n) is 10.3. The van der Waals surface area contributed by atoms with Crippen LogP contribution in [0.5, 0.6) is 11.5 Å². The number of carbonyl (C=O) groups is 1. The van der Waals surface area contributed by atoms with Gasteiger partial charge in [-0.25, -0.2) is 8.78 Å². The average Bonchev–Trinajstić information content (AvgIpc) is 2.74. The standard InChI is InChI=1S/C23H28F2N2O3/c24-18-6-9-23(20(25)16-18)30-14-13-29-19-7-4-17(5-8-19)15-22-21(26)3-1-10-27(22)11-2-12-28/h4-9,12,16,21-22H,1-3,10-11,13-15,26H2. The molecule has 0 aliphatic carbocycles. The molecule has 2 N–H and O–H groups in total. The number of halogens is 2. The van der Waals surface area contributed by atoms with Gasteiger partial charge in [-0.2, -0.15) is 0 Å². The molecule has 0 saturated carbocycles. The first-order chi connectivity index (χ1) is 14.6.